The third-order valence-corrected chi connectivity index (χ3v) is 5.68. The fourth-order valence-corrected chi connectivity index (χ4v) is 3.96. The molecule has 1 fully saturated rings. The zero-order valence-corrected chi connectivity index (χ0v) is 18.3. The van der Waals surface area contributed by atoms with Crippen molar-refractivity contribution in [2.24, 2.45) is 0 Å². The van der Waals surface area contributed by atoms with Crippen LogP contribution in [0, 0.1) is 0 Å². The van der Waals surface area contributed by atoms with E-state index in [-0.39, 0.29) is 5.91 Å². The lowest BCUT2D eigenvalue weighted by Gasteiger charge is -2.22. The molecule has 0 bridgehead atoms. The summed E-state index contributed by atoms with van der Waals surface area (Å²) in [6.45, 7) is 3.02. The highest BCUT2D eigenvalue weighted by atomic mass is 16.5. The molecule has 3 rings (SSSR count). The van der Waals surface area contributed by atoms with Crippen LogP contribution in [0.1, 0.15) is 43.2 Å². The number of carbonyl (C=O) groups excluding carboxylic acids is 1. The largest absolute Gasteiger partial charge is 0.493 e. The topological polar surface area (TPSA) is 50.8 Å². The molecule has 0 aliphatic carbocycles. The van der Waals surface area contributed by atoms with Gasteiger partial charge in [0.2, 0.25) is 5.91 Å². The van der Waals surface area contributed by atoms with Crippen LogP contribution in [0.2, 0.25) is 0 Å². The van der Waals surface area contributed by atoms with Gasteiger partial charge in [-0.25, -0.2) is 0 Å². The Bertz CT molecular complexity index is 797. The van der Waals surface area contributed by atoms with Crippen molar-refractivity contribution >= 4 is 11.6 Å². The average Bonchev–Trinajstić information content (AvgIpc) is 3.06. The standard InChI is InChI=1S/C25H34N2O3/c1-29-23-14-11-21(18-24(23)30-2)19-25(28)26-15-7-8-20-9-12-22(13-10-20)27-16-5-3-4-6-17-27/h9-14,18H,3-8,15-17,19H2,1-2H3,(H,26,28). The number of methoxy groups -OCH3 is 2. The van der Waals surface area contributed by atoms with Crippen LogP contribution in [0.4, 0.5) is 5.69 Å². The summed E-state index contributed by atoms with van der Waals surface area (Å²) in [6, 6.07) is 14.5. The van der Waals surface area contributed by atoms with Crippen molar-refractivity contribution < 1.29 is 14.3 Å². The second-order valence-corrected chi connectivity index (χ2v) is 7.89. The highest BCUT2D eigenvalue weighted by Crippen LogP contribution is 2.27. The summed E-state index contributed by atoms with van der Waals surface area (Å²) in [6.07, 6.45) is 7.54. The summed E-state index contributed by atoms with van der Waals surface area (Å²) >= 11 is 0. The van der Waals surface area contributed by atoms with Gasteiger partial charge < -0.3 is 19.7 Å². The first-order valence-electron chi connectivity index (χ1n) is 11.0. The minimum atomic E-state index is 0.0266. The van der Waals surface area contributed by atoms with Crippen molar-refractivity contribution in [1.29, 1.82) is 0 Å². The molecule has 0 unspecified atom stereocenters. The lowest BCUT2D eigenvalue weighted by molar-refractivity contribution is -0.120. The van der Waals surface area contributed by atoms with Crippen LogP contribution in [0.5, 0.6) is 11.5 Å². The molecule has 0 spiro atoms. The Kier molecular flexibility index (Phi) is 8.42. The van der Waals surface area contributed by atoms with Crippen LogP contribution in [-0.2, 0) is 17.6 Å². The van der Waals surface area contributed by atoms with Gasteiger partial charge in [0.15, 0.2) is 11.5 Å². The van der Waals surface area contributed by atoms with Crippen molar-refractivity contribution in [2.75, 3.05) is 38.8 Å². The smallest absolute Gasteiger partial charge is 0.224 e. The quantitative estimate of drug-likeness (QED) is 0.624. The van der Waals surface area contributed by atoms with E-state index >= 15 is 0 Å². The monoisotopic (exact) mass is 410 g/mol. The van der Waals surface area contributed by atoms with E-state index in [1.807, 2.05) is 18.2 Å². The van der Waals surface area contributed by atoms with E-state index in [1.54, 1.807) is 14.2 Å². The summed E-state index contributed by atoms with van der Waals surface area (Å²) in [4.78, 5) is 14.7. The number of anilines is 1. The van der Waals surface area contributed by atoms with Crippen LogP contribution >= 0.6 is 0 Å². The molecule has 0 saturated carbocycles. The van der Waals surface area contributed by atoms with E-state index < -0.39 is 0 Å². The highest BCUT2D eigenvalue weighted by molar-refractivity contribution is 5.78. The number of nitrogens with zero attached hydrogens (tertiary/aromatic N) is 1. The normalized spacial score (nSPS) is 14.1. The first-order chi connectivity index (χ1) is 14.7. The number of nitrogens with one attached hydrogen (secondary N) is 1. The molecule has 2 aromatic rings. The summed E-state index contributed by atoms with van der Waals surface area (Å²) in [5.74, 6) is 1.34. The molecule has 5 heteroatoms. The molecule has 1 N–H and O–H groups in total. The Morgan fingerprint density at radius 2 is 1.57 bits per heavy atom. The van der Waals surface area contributed by atoms with Crippen LogP contribution in [-0.4, -0.2) is 39.8 Å². The van der Waals surface area contributed by atoms with E-state index in [4.69, 9.17) is 9.47 Å². The predicted octanol–water partition coefficient (Wildman–Crippen LogP) is 4.38. The Labute approximate surface area is 180 Å². The van der Waals surface area contributed by atoms with Crippen LogP contribution < -0.4 is 19.7 Å². The molecule has 1 heterocycles. The van der Waals surface area contributed by atoms with Gasteiger partial charge in [-0.15, -0.1) is 0 Å². The van der Waals surface area contributed by atoms with Gasteiger partial charge in [-0.1, -0.05) is 31.0 Å². The fourth-order valence-electron chi connectivity index (χ4n) is 3.96. The average molecular weight is 411 g/mol. The van der Waals surface area contributed by atoms with Gasteiger partial charge in [-0.3, -0.25) is 4.79 Å². The van der Waals surface area contributed by atoms with Gasteiger partial charge in [-0.2, -0.15) is 0 Å². The zero-order valence-electron chi connectivity index (χ0n) is 18.3. The molecule has 0 atom stereocenters. The lowest BCUT2D eigenvalue weighted by Crippen LogP contribution is -2.26. The fraction of sp³-hybridized carbons (Fsp3) is 0.480. The molecule has 1 saturated heterocycles. The third kappa shape index (κ3) is 6.41. The third-order valence-electron chi connectivity index (χ3n) is 5.68. The zero-order chi connectivity index (χ0) is 21.2. The number of rotatable bonds is 9. The van der Waals surface area contributed by atoms with Crippen molar-refractivity contribution in [2.45, 2.75) is 44.9 Å². The molecule has 1 aliphatic rings. The van der Waals surface area contributed by atoms with Crippen LogP contribution in [0.15, 0.2) is 42.5 Å². The summed E-state index contributed by atoms with van der Waals surface area (Å²) in [5, 5.41) is 3.02. The van der Waals surface area contributed by atoms with Crippen LogP contribution in [0.3, 0.4) is 0 Å². The Morgan fingerprint density at radius 3 is 2.23 bits per heavy atom. The number of hydrogen-bond acceptors (Lipinski definition) is 4. The molecule has 1 amide bonds. The van der Waals surface area contributed by atoms with E-state index in [0.717, 1.165) is 18.4 Å². The molecular weight excluding hydrogens is 376 g/mol. The number of carbonyl (C=O) groups is 1. The van der Waals surface area contributed by atoms with E-state index in [9.17, 15) is 4.79 Å². The SMILES string of the molecule is COc1ccc(CC(=O)NCCCc2ccc(N3CCCCCC3)cc2)cc1OC. The molecule has 5 nitrogen and oxygen atoms in total. The Hall–Kier alpha value is -2.69. The second-order valence-electron chi connectivity index (χ2n) is 7.89. The van der Waals surface area contributed by atoms with Crippen molar-refractivity contribution in [3.05, 3.63) is 53.6 Å². The number of benzene rings is 2. The number of hydrogen-bond donors (Lipinski definition) is 1. The van der Waals surface area contributed by atoms with Gasteiger partial charge in [0.1, 0.15) is 0 Å². The maximum absolute atomic E-state index is 12.2. The van der Waals surface area contributed by atoms with E-state index in [2.05, 4.69) is 34.5 Å². The summed E-state index contributed by atoms with van der Waals surface area (Å²) in [7, 11) is 3.20. The van der Waals surface area contributed by atoms with Crippen molar-refractivity contribution in [3.8, 4) is 11.5 Å². The highest BCUT2D eigenvalue weighted by Gasteiger charge is 2.10. The van der Waals surface area contributed by atoms with E-state index in [0.29, 0.717) is 24.5 Å². The molecule has 0 radical (unpaired) electrons. The molecule has 30 heavy (non-hydrogen) atoms. The summed E-state index contributed by atoms with van der Waals surface area (Å²) in [5.41, 5.74) is 3.57. The molecule has 0 aromatic heterocycles. The van der Waals surface area contributed by atoms with Crippen LogP contribution in [0.25, 0.3) is 0 Å². The maximum Gasteiger partial charge on any atom is 0.224 e. The van der Waals surface area contributed by atoms with Crippen molar-refractivity contribution in [1.82, 2.24) is 5.32 Å². The first-order valence-corrected chi connectivity index (χ1v) is 11.0. The van der Waals surface area contributed by atoms with Gasteiger partial charge in [0, 0.05) is 25.3 Å². The van der Waals surface area contributed by atoms with E-state index in [1.165, 1.54) is 50.0 Å². The number of ether oxygens (including phenoxy) is 2. The molecule has 2 aromatic carbocycles. The summed E-state index contributed by atoms with van der Waals surface area (Å²) < 4.78 is 10.5. The van der Waals surface area contributed by atoms with Crippen molar-refractivity contribution in [3.63, 3.8) is 0 Å². The lowest BCUT2D eigenvalue weighted by atomic mass is 10.1. The second kappa shape index (κ2) is 11.5. The maximum atomic E-state index is 12.2. The van der Waals surface area contributed by atoms with Gasteiger partial charge in [-0.05, 0) is 61.1 Å². The number of aryl methyl sites for hydroxylation is 1. The Morgan fingerprint density at radius 1 is 0.900 bits per heavy atom. The van der Waals surface area contributed by atoms with Gasteiger partial charge in [0.25, 0.3) is 0 Å². The number of amides is 1. The molecular formula is C25H34N2O3. The minimum Gasteiger partial charge on any atom is -0.493 e. The molecule has 1 aliphatic heterocycles. The van der Waals surface area contributed by atoms with Gasteiger partial charge >= 0.3 is 0 Å². The first kappa shape index (κ1) is 22.0. The molecule has 162 valence electrons. The predicted molar refractivity (Wildman–Crippen MR) is 122 cm³/mol. The van der Waals surface area contributed by atoms with Gasteiger partial charge in [0.05, 0.1) is 20.6 Å². The Balaban J connectivity index is 1.39. The minimum absolute atomic E-state index is 0.0266.